The number of thioether (sulfide) groups is 1. The monoisotopic (exact) mass is 515 g/mol. The van der Waals surface area contributed by atoms with Gasteiger partial charge in [-0.1, -0.05) is 66.8 Å². The quantitative estimate of drug-likeness (QED) is 0.412. The maximum absolute atomic E-state index is 6.10. The zero-order valence-electron chi connectivity index (χ0n) is 21.4. The molecule has 1 saturated heterocycles. The van der Waals surface area contributed by atoms with Crippen LogP contribution in [0, 0.1) is 5.92 Å². The van der Waals surface area contributed by atoms with Gasteiger partial charge in [0, 0.05) is 11.8 Å². The summed E-state index contributed by atoms with van der Waals surface area (Å²) in [6, 6.07) is 17.5. The number of piperidine rings is 1. The molecule has 0 spiro atoms. The van der Waals surface area contributed by atoms with Crippen molar-refractivity contribution in [2.45, 2.75) is 56.0 Å². The Balaban J connectivity index is 0.979. The third-order valence-corrected chi connectivity index (χ3v) is 8.97. The van der Waals surface area contributed by atoms with Crippen molar-refractivity contribution in [2.24, 2.45) is 10.9 Å². The summed E-state index contributed by atoms with van der Waals surface area (Å²) >= 11 is 1.89. The molecular weight excluding hydrogens is 478 g/mol. The smallest absolute Gasteiger partial charge is 0.158 e. The molecular formula is C31H37N3O2S. The van der Waals surface area contributed by atoms with E-state index in [0.29, 0.717) is 17.9 Å². The molecule has 6 rings (SSSR count). The molecule has 37 heavy (non-hydrogen) atoms. The SMILES string of the molecule is C1=CC2N=C(SC(c3ccc(OCc4ccc(OCCN5CCCCC5)cc4)cc3)C3CC3)NC2C=C1. The second kappa shape index (κ2) is 11.8. The first-order chi connectivity index (χ1) is 18.3. The van der Waals surface area contributed by atoms with Crippen LogP contribution in [-0.2, 0) is 6.61 Å². The lowest BCUT2D eigenvalue weighted by Gasteiger charge is -2.26. The molecule has 6 heteroatoms. The van der Waals surface area contributed by atoms with Gasteiger partial charge in [-0.25, -0.2) is 0 Å². The van der Waals surface area contributed by atoms with E-state index in [1.807, 2.05) is 11.8 Å². The van der Waals surface area contributed by atoms with Gasteiger partial charge in [-0.15, -0.1) is 0 Å². The highest BCUT2D eigenvalue weighted by Crippen LogP contribution is 2.49. The van der Waals surface area contributed by atoms with Crippen molar-refractivity contribution in [3.8, 4) is 11.5 Å². The van der Waals surface area contributed by atoms with Gasteiger partial charge in [0.1, 0.15) is 24.7 Å². The zero-order chi connectivity index (χ0) is 24.9. The highest BCUT2D eigenvalue weighted by molar-refractivity contribution is 8.14. The molecule has 0 aromatic heterocycles. The molecule has 1 saturated carbocycles. The first-order valence-electron chi connectivity index (χ1n) is 13.8. The van der Waals surface area contributed by atoms with Crippen molar-refractivity contribution < 1.29 is 9.47 Å². The van der Waals surface area contributed by atoms with Gasteiger partial charge in [0.15, 0.2) is 5.17 Å². The van der Waals surface area contributed by atoms with Crippen LogP contribution in [0.1, 0.15) is 48.5 Å². The van der Waals surface area contributed by atoms with Crippen molar-refractivity contribution in [2.75, 3.05) is 26.2 Å². The normalized spacial score (nSPS) is 23.7. The van der Waals surface area contributed by atoms with Crippen LogP contribution in [-0.4, -0.2) is 48.4 Å². The number of fused-ring (bicyclic) bond motifs is 1. The van der Waals surface area contributed by atoms with E-state index in [-0.39, 0.29) is 6.04 Å². The van der Waals surface area contributed by atoms with Gasteiger partial charge in [0.05, 0.1) is 12.1 Å². The number of nitrogens with zero attached hydrogens (tertiary/aromatic N) is 2. The number of aliphatic imine (C=N–C) groups is 1. The van der Waals surface area contributed by atoms with Gasteiger partial charge >= 0.3 is 0 Å². The Morgan fingerprint density at radius 2 is 1.62 bits per heavy atom. The molecule has 0 amide bonds. The minimum Gasteiger partial charge on any atom is -0.492 e. The molecule has 2 fully saturated rings. The Kier molecular flexibility index (Phi) is 7.84. The molecule has 0 radical (unpaired) electrons. The Morgan fingerprint density at radius 3 is 2.38 bits per heavy atom. The van der Waals surface area contributed by atoms with Gasteiger partial charge in [-0.05, 0) is 80.1 Å². The summed E-state index contributed by atoms with van der Waals surface area (Å²) in [5.74, 6) is 2.57. The number of nitrogens with one attached hydrogen (secondary N) is 1. The Labute approximate surface area is 225 Å². The lowest BCUT2D eigenvalue weighted by Crippen LogP contribution is -2.33. The molecule has 3 atom stereocenters. The zero-order valence-corrected chi connectivity index (χ0v) is 22.2. The third kappa shape index (κ3) is 6.60. The van der Waals surface area contributed by atoms with E-state index in [0.717, 1.165) is 41.3 Å². The van der Waals surface area contributed by atoms with E-state index in [1.54, 1.807) is 0 Å². The van der Waals surface area contributed by atoms with Crippen LogP contribution in [0.5, 0.6) is 11.5 Å². The first kappa shape index (κ1) is 24.6. The predicted molar refractivity (Wildman–Crippen MR) is 152 cm³/mol. The second-order valence-electron chi connectivity index (χ2n) is 10.5. The fraction of sp³-hybridized carbons (Fsp3) is 0.452. The number of hydrogen-bond acceptors (Lipinski definition) is 6. The van der Waals surface area contributed by atoms with Crippen LogP contribution in [0.4, 0.5) is 0 Å². The van der Waals surface area contributed by atoms with E-state index in [4.69, 9.17) is 14.5 Å². The average molecular weight is 516 g/mol. The minimum absolute atomic E-state index is 0.239. The van der Waals surface area contributed by atoms with E-state index in [1.165, 1.54) is 50.8 Å². The number of benzene rings is 2. The molecule has 1 N–H and O–H groups in total. The topological polar surface area (TPSA) is 46.1 Å². The highest BCUT2D eigenvalue weighted by atomic mass is 32.2. The number of allylic oxidation sites excluding steroid dienone is 2. The Morgan fingerprint density at radius 1 is 0.892 bits per heavy atom. The molecule has 2 aromatic carbocycles. The minimum atomic E-state index is 0.239. The summed E-state index contributed by atoms with van der Waals surface area (Å²) in [6.45, 7) is 4.74. The first-order valence-corrected chi connectivity index (χ1v) is 14.7. The van der Waals surface area contributed by atoms with E-state index in [2.05, 4.69) is 83.1 Å². The summed E-state index contributed by atoms with van der Waals surface area (Å²) in [5.41, 5.74) is 2.50. The lowest BCUT2D eigenvalue weighted by atomic mass is 10.1. The molecule has 3 unspecified atom stereocenters. The average Bonchev–Trinajstić information content (AvgIpc) is 3.71. The lowest BCUT2D eigenvalue weighted by molar-refractivity contribution is 0.183. The van der Waals surface area contributed by atoms with Crippen molar-refractivity contribution in [3.63, 3.8) is 0 Å². The number of likely N-dealkylation sites (tertiary alicyclic amines) is 1. The number of ether oxygens (including phenoxy) is 2. The van der Waals surface area contributed by atoms with Gasteiger partial charge in [-0.2, -0.15) is 0 Å². The van der Waals surface area contributed by atoms with E-state index < -0.39 is 0 Å². The largest absolute Gasteiger partial charge is 0.492 e. The fourth-order valence-corrected chi connectivity index (χ4v) is 6.65. The standard InChI is InChI=1S/C31H37N3O2S/c1-4-18-34(19-5-1)20-21-35-26-14-8-23(9-15-26)22-36-27-16-12-25(13-17-27)30(24-10-11-24)37-31-32-28-6-2-3-7-29(28)33-31/h2-3,6-9,12-17,24,28-30H,1,4-5,10-11,18-22H2,(H,32,33). The van der Waals surface area contributed by atoms with Crippen molar-refractivity contribution in [3.05, 3.63) is 84.0 Å². The summed E-state index contributed by atoms with van der Waals surface area (Å²) in [5, 5.41) is 5.11. The summed E-state index contributed by atoms with van der Waals surface area (Å²) in [6.07, 6.45) is 15.2. The third-order valence-electron chi connectivity index (χ3n) is 7.61. The van der Waals surface area contributed by atoms with Crippen LogP contribution < -0.4 is 14.8 Å². The maximum atomic E-state index is 6.10. The Hall–Kier alpha value is -2.70. The molecule has 2 aliphatic carbocycles. The predicted octanol–water partition coefficient (Wildman–Crippen LogP) is 6.14. The van der Waals surface area contributed by atoms with Crippen LogP contribution >= 0.6 is 11.8 Å². The van der Waals surface area contributed by atoms with Crippen molar-refractivity contribution in [1.82, 2.24) is 10.2 Å². The maximum Gasteiger partial charge on any atom is 0.158 e. The molecule has 2 heterocycles. The Bertz CT molecular complexity index is 1120. The van der Waals surface area contributed by atoms with E-state index >= 15 is 0 Å². The van der Waals surface area contributed by atoms with Crippen LogP contribution in [0.15, 0.2) is 77.8 Å². The van der Waals surface area contributed by atoms with Crippen LogP contribution in [0.25, 0.3) is 0 Å². The van der Waals surface area contributed by atoms with Gasteiger partial charge in [0.2, 0.25) is 0 Å². The molecule has 5 nitrogen and oxygen atoms in total. The van der Waals surface area contributed by atoms with E-state index in [9.17, 15) is 0 Å². The van der Waals surface area contributed by atoms with Gasteiger partial charge < -0.3 is 14.8 Å². The molecule has 2 aliphatic heterocycles. The fourth-order valence-electron chi connectivity index (χ4n) is 5.27. The number of amidine groups is 1. The summed E-state index contributed by atoms with van der Waals surface area (Å²) in [7, 11) is 0. The summed E-state index contributed by atoms with van der Waals surface area (Å²) in [4.78, 5) is 7.41. The van der Waals surface area contributed by atoms with Crippen molar-refractivity contribution >= 4 is 16.9 Å². The van der Waals surface area contributed by atoms with Crippen LogP contribution in [0.2, 0.25) is 0 Å². The second-order valence-corrected chi connectivity index (χ2v) is 11.6. The molecule has 0 bridgehead atoms. The van der Waals surface area contributed by atoms with Gasteiger partial charge in [-0.3, -0.25) is 9.89 Å². The highest BCUT2D eigenvalue weighted by Gasteiger charge is 2.36. The molecule has 194 valence electrons. The van der Waals surface area contributed by atoms with Crippen LogP contribution in [0.3, 0.4) is 0 Å². The number of rotatable bonds is 10. The summed E-state index contributed by atoms with van der Waals surface area (Å²) < 4.78 is 12.1. The molecule has 2 aromatic rings. The molecule has 4 aliphatic rings. The van der Waals surface area contributed by atoms with Crippen molar-refractivity contribution in [1.29, 1.82) is 0 Å². The van der Waals surface area contributed by atoms with Gasteiger partial charge in [0.25, 0.3) is 0 Å². The number of hydrogen-bond donors (Lipinski definition) is 1.